The molecule has 6 heteroatoms. The molecule has 0 atom stereocenters. The zero-order valence-electron chi connectivity index (χ0n) is 14.5. The number of nitriles is 1. The van der Waals surface area contributed by atoms with E-state index in [0.717, 1.165) is 48.9 Å². The first-order valence-corrected chi connectivity index (χ1v) is 8.27. The minimum absolute atomic E-state index is 0.413. The fourth-order valence-corrected chi connectivity index (χ4v) is 3.24. The van der Waals surface area contributed by atoms with Crippen molar-refractivity contribution in [2.24, 2.45) is 5.73 Å². The quantitative estimate of drug-likeness (QED) is 0.927. The van der Waals surface area contributed by atoms with Crippen LogP contribution in [0.4, 0.5) is 11.4 Å². The number of benzene rings is 1. The predicted molar refractivity (Wildman–Crippen MR) is 97.8 cm³/mol. The first-order chi connectivity index (χ1) is 12.0. The molecule has 0 bridgehead atoms. The number of nitrogens with two attached hydrogens (primary N) is 1. The molecule has 1 aliphatic rings. The molecule has 2 heterocycles. The van der Waals surface area contributed by atoms with Crippen molar-refractivity contribution in [2.45, 2.75) is 13.8 Å². The second kappa shape index (κ2) is 6.81. The van der Waals surface area contributed by atoms with E-state index in [1.807, 2.05) is 32.0 Å². The zero-order valence-corrected chi connectivity index (χ0v) is 14.5. The Morgan fingerprint density at radius 3 is 2.28 bits per heavy atom. The molecule has 3 rings (SSSR count). The Kier molecular flexibility index (Phi) is 4.57. The molecule has 1 saturated heterocycles. The van der Waals surface area contributed by atoms with E-state index in [4.69, 9.17) is 5.73 Å². The summed E-state index contributed by atoms with van der Waals surface area (Å²) in [7, 11) is 0. The smallest absolute Gasteiger partial charge is 0.248 e. The van der Waals surface area contributed by atoms with Crippen molar-refractivity contribution in [3.05, 3.63) is 52.8 Å². The largest absolute Gasteiger partial charge is 0.368 e. The lowest BCUT2D eigenvalue weighted by molar-refractivity contribution is 0.100. The zero-order chi connectivity index (χ0) is 18.0. The summed E-state index contributed by atoms with van der Waals surface area (Å²) in [6.45, 7) is 7.19. The number of rotatable bonds is 3. The van der Waals surface area contributed by atoms with Gasteiger partial charge in [-0.3, -0.25) is 9.78 Å². The maximum Gasteiger partial charge on any atom is 0.248 e. The number of amides is 1. The maximum atomic E-state index is 11.2. The van der Waals surface area contributed by atoms with Gasteiger partial charge in [-0.1, -0.05) is 0 Å². The number of aromatic nitrogens is 1. The predicted octanol–water partition coefficient (Wildman–Crippen LogP) is 2.00. The molecule has 128 valence electrons. The molecule has 2 aromatic rings. The summed E-state index contributed by atoms with van der Waals surface area (Å²) in [5.74, 6) is -0.413. The molecular formula is C19H21N5O. The highest BCUT2D eigenvalue weighted by Gasteiger charge is 2.21. The van der Waals surface area contributed by atoms with Gasteiger partial charge in [0.05, 0.1) is 16.9 Å². The lowest BCUT2D eigenvalue weighted by Gasteiger charge is -2.38. The average Bonchev–Trinajstić information content (AvgIpc) is 2.61. The van der Waals surface area contributed by atoms with Gasteiger partial charge in [-0.05, 0) is 44.2 Å². The fraction of sp³-hybridized carbons (Fsp3) is 0.316. The molecule has 0 aliphatic carbocycles. The Balaban J connectivity index is 1.74. The van der Waals surface area contributed by atoms with E-state index in [9.17, 15) is 10.1 Å². The molecule has 1 aromatic heterocycles. The van der Waals surface area contributed by atoms with Crippen molar-refractivity contribution in [2.75, 3.05) is 36.0 Å². The molecule has 1 aliphatic heterocycles. The maximum absolute atomic E-state index is 11.2. The summed E-state index contributed by atoms with van der Waals surface area (Å²) in [6.07, 6.45) is 0. The van der Waals surface area contributed by atoms with Gasteiger partial charge >= 0.3 is 0 Å². The Morgan fingerprint density at radius 1 is 1.12 bits per heavy atom. The van der Waals surface area contributed by atoms with Gasteiger partial charge in [-0.2, -0.15) is 5.26 Å². The Morgan fingerprint density at radius 2 is 1.72 bits per heavy atom. The third-order valence-electron chi connectivity index (χ3n) is 4.56. The van der Waals surface area contributed by atoms with Gasteiger partial charge in [-0.15, -0.1) is 0 Å². The van der Waals surface area contributed by atoms with Crippen LogP contribution in [0.3, 0.4) is 0 Å². The standard InChI is InChI=1S/C19H21N5O/c1-13-11-18(17(12-20)14(2)22-13)24-9-7-23(8-10-24)16-5-3-15(4-6-16)19(21)25/h3-6,11H,7-10H2,1-2H3,(H2,21,25). The number of hydrogen-bond donors (Lipinski definition) is 1. The number of carbonyl (C=O) groups excluding carboxylic acids is 1. The number of anilines is 2. The minimum Gasteiger partial charge on any atom is -0.368 e. The highest BCUT2D eigenvalue weighted by Crippen LogP contribution is 2.26. The first kappa shape index (κ1) is 16.8. The van der Waals surface area contributed by atoms with E-state index in [0.29, 0.717) is 11.1 Å². The summed E-state index contributed by atoms with van der Waals surface area (Å²) in [5.41, 5.74) is 10.2. The van der Waals surface area contributed by atoms with E-state index in [1.54, 1.807) is 12.1 Å². The molecule has 0 unspecified atom stereocenters. The van der Waals surface area contributed by atoms with Crippen LogP contribution in [-0.4, -0.2) is 37.1 Å². The normalized spacial score (nSPS) is 14.3. The number of hydrogen-bond acceptors (Lipinski definition) is 5. The van der Waals surface area contributed by atoms with Gasteiger partial charge in [0.15, 0.2) is 0 Å². The second-order valence-electron chi connectivity index (χ2n) is 6.24. The van der Waals surface area contributed by atoms with Crippen molar-refractivity contribution >= 4 is 17.3 Å². The average molecular weight is 335 g/mol. The van der Waals surface area contributed by atoms with Crippen LogP contribution >= 0.6 is 0 Å². The molecule has 6 nitrogen and oxygen atoms in total. The van der Waals surface area contributed by atoms with Crippen LogP contribution in [0.25, 0.3) is 0 Å². The van der Waals surface area contributed by atoms with E-state index in [2.05, 4.69) is 20.9 Å². The van der Waals surface area contributed by atoms with Crippen LogP contribution in [0.15, 0.2) is 30.3 Å². The molecule has 1 fully saturated rings. The molecule has 0 radical (unpaired) electrons. The molecular weight excluding hydrogens is 314 g/mol. The van der Waals surface area contributed by atoms with Crippen molar-refractivity contribution in [3.63, 3.8) is 0 Å². The van der Waals surface area contributed by atoms with Crippen molar-refractivity contribution in [3.8, 4) is 6.07 Å². The fourth-order valence-electron chi connectivity index (χ4n) is 3.24. The SMILES string of the molecule is Cc1cc(N2CCN(c3ccc(C(N)=O)cc3)CC2)c(C#N)c(C)n1. The van der Waals surface area contributed by atoms with Crippen molar-refractivity contribution in [1.29, 1.82) is 5.26 Å². The molecule has 2 N–H and O–H groups in total. The van der Waals surface area contributed by atoms with Crippen molar-refractivity contribution < 1.29 is 4.79 Å². The van der Waals surface area contributed by atoms with Crippen LogP contribution in [0.1, 0.15) is 27.3 Å². The topological polar surface area (TPSA) is 86.2 Å². The summed E-state index contributed by atoms with van der Waals surface area (Å²) in [5, 5.41) is 9.46. The number of piperazine rings is 1. The van der Waals surface area contributed by atoms with Crippen molar-refractivity contribution in [1.82, 2.24) is 4.98 Å². The number of nitrogens with zero attached hydrogens (tertiary/aromatic N) is 4. The minimum atomic E-state index is -0.413. The molecule has 25 heavy (non-hydrogen) atoms. The monoisotopic (exact) mass is 335 g/mol. The number of pyridine rings is 1. The lowest BCUT2D eigenvalue weighted by atomic mass is 10.1. The van der Waals surface area contributed by atoms with E-state index >= 15 is 0 Å². The Hall–Kier alpha value is -3.07. The van der Waals surface area contributed by atoms with Crippen LogP contribution in [-0.2, 0) is 0 Å². The van der Waals surface area contributed by atoms with Gasteiger partial charge in [-0.25, -0.2) is 0 Å². The number of carbonyl (C=O) groups is 1. The van der Waals surface area contributed by atoms with Crippen LogP contribution < -0.4 is 15.5 Å². The van der Waals surface area contributed by atoms with Gasteiger partial charge in [0, 0.05) is 43.1 Å². The van der Waals surface area contributed by atoms with E-state index in [-0.39, 0.29) is 0 Å². The molecule has 1 amide bonds. The lowest BCUT2D eigenvalue weighted by Crippen LogP contribution is -2.46. The van der Waals surface area contributed by atoms with Crippen LogP contribution in [0.2, 0.25) is 0 Å². The van der Waals surface area contributed by atoms with E-state index in [1.165, 1.54) is 0 Å². The highest BCUT2D eigenvalue weighted by molar-refractivity contribution is 5.93. The van der Waals surface area contributed by atoms with Gasteiger partial charge in [0.25, 0.3) is 0 Å². The molecule has 1 aromatic carbocycles. The Bertz CT molecular complexity index is 830. The summed E-state index contributed by atoms with van der Waals surface area (Å²) in [6, 6.07) is 11.6. The molecule has 0 saturated carbocycles. The summed E-state index contributed by atoms with van der Waals surface area (Å²) >= 11 is 0. The summed E-state index contributed by atoms with van der Waals surface area (Å²) < 4.78 is 0. The van der Waals surface area contributed by atoms with Gasteiger partial charge < -0.3 is 15.5 Å². The third-order valence-corrected chi connectivity index (χ3v) is 4.56. The third kappa shape index (κ3) is 3.41. The highest BCUT2D eigenvalue weighted by atomic mass is 16.1. The van der Waals surface area contributed by atoms with E-state index < -0.39 is 5.91 Å². The number of primary amides is 1. The van der Waals surface area contributed by atoms with Gasteiger partial charge in [0.2, 0.25) is 5.91 Å². The number of aryl methyl sites for hydroxylation is 2. The Labute approximate surface area is 147 Å². The first-order valence-electron chi connectivity index (χ1n) is 8.27. The second-order valence-corrected chi connectivity index (χ2v) is 6.24. The molecule has 0 spiro atoms. The van der Waals surface area contributed by atoms with Crippen LogP contribution in [0.5, 0.6) is 0 Å². The van der Waals surface area contributed by atoms with Crippen LogP contribution in [0, 0.1) is 25.2 Å². The van der Waals surface area contributed by atoms with Gasteiger partial charge in [0.1, 0.15) is 6.07 Å². The summed E-state index contributed by atoms with van der Waals surface area (Å²) in [4.78, 5) is 20.1.